The number of hydrogen-bond donors (Lipinski definition) is 0. The summed E-state index contributed by atoms with van der Waals surface area (Å²) < 4.78 is 1.53. The Kier molecular flexibility index (Phi) is 4.51. The van der Waals surface area contributed by atoms with Crippen molar-refractivity contribution >= 4 is 29.2 Å². The third-order valence-electron chi connectivity index (χ3n) is 4.30. The highest BCUT2D eigenvalue weighted by atomic mass is 32.2. The van der Waals surface area contributed by atoms with Crippen LogP contribution in [0.4, 0.5) is 0 Å². The zero-order valence-corrected chi connectivity index (χ0v) is 15.5. The molecule has 2 aliphatic rings. The van der Waals surface area contributed by atoms with Crippen LogP contribution in [0, 0.1) is 0 Å². The van der Waals surface area contributed by atoms with Crippen LogP contribution >= 0.6 is 19.3 Å². The molecule has 0 radical (unpaired) electrons. The molecule has 0 bridgehead atoms. The van der Waals surface area contributed by atoms with Gasteiger partial charge in [-0.05, 0) is 47.4 Å². The van der Waals surface area contributed by atoms with E-state index < -0.39 is 7.55 Å². The molecule has 0 spiro atoms. The maximum atomic E-state index is 2.40. The van der Waals surface area contributed by atoms with Crippen LogP contribution < -0.4 is 5.30 Å². The molecule has 0 fully saturated rings. The fourth-order valence-corrected chi connectivity index (χ4v) is 7.04. The summed E-state index contributed by atoms with van der Waals surface area (Å²) in [5.74, 6) is 0. The Labute approximate surface area is 148 Å². The van der Waals surface area contributed by atoms with Gasteiger partial charge in [0.1, 0.15) is 0 Å². The molecular formula is C21H20NPS. The van der Waals surface area contributed by atoms with Gasteiger partial charge in [0.15, 0.2) is 0 Å². The summed E-state index contributed by atoms with van der Waals surface area (Å²) in [7, 11) is -0.591. The van der Waals surface area contributed by atoms with E-state index >= 15 is 0 Å². The van der Waals surface area contributed by atoms with Gasteiger partial charge in [-0.15, -0.1) is 0 Å². The molecule has 1 atom stereocenters. The third kappa shape index (κ3) is 3.31. The SMILES string of the molecule is C[PH]1=C(C=C2C=CN(Cc3ccccc3)C=C2)Sc2ccccc21. The molecular weight excluding hydrogens is 329 g/mol. The van der Waals surface area contributed by atoms with Gasteiger partial charge in [-0.2, -0.15) is 0 Å². The van der Waals surface area contributed by atoms with Crippen LogP contribution in [-0.4, -0.2) is 16.2 Å². The van der Waals surface area contributed by atoms with E-state index in [4.69, 9.17) is 0 Å². The largest absolute Gasteiger partial charge is 0.350 e. The molecule has 0 aromatic heterocycles. The molecule has 4 rings (SSSR count). The van der Waals surface area contributed by atoms with Gasteiger partial charge >= 0.3 is 0 Å². The van der Waals surface area contributed by atoms with E-state index in [1.807, 2.05) is 11.8 Å². The lowest BCUT2D eigenvalue weighted by Crippen LogP contribution is -2.11. The fraction of sp³-hybridized carbons (Fsp3) is 0.0952. The Morgan fingerprint density at radius 1 is 0.958 bits per heavy atom. The first kappa shape index (κ1) is 15.6. The average molecular weight is 349 g/mol. The van der Waals surface area contributed by atoms with E-state index in [0.717, 1.165) is 6.54 Å². The average Bonchev–Trinajstić information content (AvgIpc) is 2.94. The normalized spacial score (nSPS) is 18.9. The Morgan fingerprint density at radius 2 is 1.67 bits per heavy atom. The summed E-state index contributed by atoms with van der Waals surface area (Å²) in [4.78, 5) is 3.67. The summed E-state index contributed by atoms with van der Waals surface area (Å²) in [5, 5.41) is 1.55. The van der Waals surface area contributed by atoms with Gasteiger partial charge in [-0.3, -0.25) is 0 Å². The van der Waals surface area contributed by atoms with Crippen LogP contribution in [0.1, 0.15) is 5.56 Å². The molecule has 2 aromatic carbocycles. The van der Waals surface area contributed by atoms with Gasteiger partial charge < -0.3 is 4.90 Å². The summed E-state index contributed by atoms with van der Waals surface area (Å²) in [6, 6.07) is 19.4. The lowest BCUT2D eigenvalue weighted by molar-refractivity contribution is 0.497. The Bertz CT molecular complexity index is 862. The monoisotopic (exact) mass is 349 g/mol. The zero-order chi connectivity index (χ0) is 16.4. The van der Waals surface area contributed by atoms with Crippen molar-refractivity contribution in [1.82, 2.24) is 4.90 Å². The molecule has 24 heavy (non-hydrogen) atoms. The topological polar surface area (TPSA) is 3.24 Å². The second-order valence-corrected chi connectivity index (χ2v) is 9.79. The molecule has 0 saturated heterocycles. The van der Waals surface area contributed by atoms with Crippen molar-refractivity contribution in [3.63, 3.8) is 0 Å². The van der Waals surface area contributed by atoms with Crippen molar-refractivity contribution in [2.24, 2.45) is 0 Å². The van der Waals surface area contributed by atoms with E-state index in [2.05, 4.69) is 96.8 Å². The van der Waals surface area contributed by atoms with E-state index in [-0.39, 0.29) is 0 Å². The first-order valence-electron chi connectivity index (χ1n) is 8.15. The highest BCUT2D eigenvalue weighted by molar-refractivity contribution is 8.22. The maximum absolute atomic E-state index is 2.40. The van der Waals surface area contributed by atoms with Crippen LogP contribution in [0.25, 0.3) is 0 Å². The second kappa shape index (κ2) is 6.93. The number of hydrogen-bond acceptors (Lipinski definition) is 2. The molecule has 120 valence electrons. The fourth-order valence-electron chi connectivity index (χ4n) is 2.95. The predicted octanol–water partition coefficient (Wildman–Crippen LogP) is 4.86. The maximum Gasteiger partial charge on any atom is 0.0470 e. The summed E-state index contributed by atoms with van der Waals surface area (Å²) in [6.07, 6.45) is 11.2. The van der Waals surface area contributed by atoms with Gasteiger partial charge in [0.05, 0.1) is 0 Å². The minimum absolute atomic E-state index is 0.591. The van der Waals surface area contributed by atoms with Gasteiger partial charge in [-0.1, -0.05) is 67.8 Å². The number of rotatable bonds is 3. The number of nitrogens with zero attached hydrogens (tertiary/aromatic N) is 1. The number of thioether (sulfide) groups is 1. The van der Waals surface area contributed by atoms with E-state index in [0.29, 0.717) is 0 Å². The number of allylic oxidation sites excluding steroid dienone is 3. The molecule has 2 aliphatic heterocycles. The molecule has 1 nitrogen and oxygen atoms in total. The Hall–Kier alpha value is -1.89. The molecule has 2 aromatic rings. The van der Waals surface area contributed by atoms with Crippen LogP contribution in [0.5, 0.6) is 0 Å². The third-order valence-corrected chi connectivity index (χ3v) is 8.75. The van der Waals surface area contributed by atoms with Gasteiger partial charge in [-0.25, -0.2) is 0 Å². The summed E-state index contributed by atoms with van der Waals surface area (Å²) in [5.41, 5.74) is 2.62. The quantitative estimate of drug-likeness (QED) is 0.728. The molecule has 3 heteroatoms. The molecule has 1 unspecified atom stereocenters. The lowest BCUT2D eigenvalue weighted by Gasteiger charge is -2.19. The standard InChI is InChI=1S/C21H20NPS/c1-23-19-9-5-6-10-20(19)24-21(23)15-17-11-13-22(14-12-17)16-18-7-3-2-4-8-18/h2-15,23H,16H2,1H3. The summed E-state index contributed by atoms with van der Waals surface area (Å²) >= 11 is 1.95. The van der Waals surface area contributed by atoms with Crippen molar-refractivity contribution in [2.75, 3.05) is 6.66 Å². The minimum atomic E-state index is -0.591. The first-order valence-corrected chi connectivity index (χ1v) is 11.0. The smallest absolute Gasteiger partial charge is 0.0470 e. The first-order chi connectivity index (χ1) is 11.8. The van der Waals surface area contributed by atoms with Crippen molar-refractivity contribution in [3.05, 3.63) is 96.4 Å². The van der Waals surface area contributed by atoms with Crippen molar-refractivity contribution < 1.29 is 0 Å². The van der Waals surface area contributed by atoms with E-state index in [1.165, 1.54) is 20.7 Å². The number of fused-ring (bicyclic) bond motifs is 1. The lowest BCUT2D eigenvalue weighted by atomic mass is 10.2. The molecule has 0 aliphatic carbocycles. The number of benzene rings is 2. The van der Waals surface area contributed by atoms with Crippen LogP contribution in [0.3, 0.4) is 0 Å². The van der Waals surface area contributed by atoms with Gasteiger partial charge in [0.25, 0.3) is 0 Å². The Balaban J connectivity index is 1.48. The van der Waals surface area contributed by atoms with Gasteiger partial charge in [0, 0.05) is 28.5 Å². The molecule has 0 saturated carbocycles. The van der Waals surface area contributed by atoms with E-state index in [1.54, 1.807) is 5.30 Å². The minimum Gasteiger partial charge on any atom is -0.350 e. The van der Waals surface area contributed by atoms with Crippen molar-refractivity contribution in [1.29, 1.82) is 0 Å². The van der Waals surface area contributed by atoms with Gasteiger partial charge in [0.2, 0.25) is 0 Å². The Morgan fingerprint density at radius 3 is 2.42 bits per heavy atom. The van der Waals surface area contributed by atoms with Crippen LogP contribution in [-0.2, 0) is 6.54 Å². The van der Waals surface area contributed by atoms with Crippen molar-refractivity contribution in [2.45, 2.75) is 11.4 Å². The van der Waals surface area contributed by atoms with Crippen molar-refractivity contribution in [3.8, 4) is 0 Å². The summed E-state index contributed by atoms with van der Waals surface area (Å²) in [6.45, 7) is 3.31. The molecule has 2 heterocycles. The molecule has 0 amide bonds. The predicted molar refractivity (Wildman–Crippen MR) is 110 cm³/mol. The second-order valence-electron chi connectivity index (χ2n) is 6.02. The van der Waals surface area contributed by atoms with Crippen LogP contribution in [0.15, 0.2) is 95.7 Å². The molecule has 0 N–H and O–H groups in total. The van der Waals surface area contributed by atoms with E-state index in [9.17, 15) is 0 Å². The van der Waals surface area contributed by atoms with Crippen LogP contribution in [0.2, 0.25) is 0 Å². The highest BCUT2D eigenvalue weighted by Crippen LogP contribution is 2.40. The highest BCUT2D eigenvalue weighted by Gasteiger charge is 2.16. The zero-order valence-electron chi connectivity index (χ0n) is 13.6.